The predicted molar refractivity (Wildman–Crippen MR) is 58.3 cm³/mol. The molecule has 0 aromatic carbocycles. The molecular formula is C9H17IO2. The van der Waals surface area contributed by atoms with E-state index in [1.54, 1.807) is 0 Å². The molecule has 0 saturated carbocycles. The smallest absolute Gasteiger partial charge is 0.307 e. The maximum absolute atomic E-state index is 11.1. The van der Waals surface area contributed by atoms with Crippen molar-refractivity contribution in [1.29, 1.82) is 0 Å². The van der Waals surface area contributed by atoms with Crippen molar-refractivity contribution in [3.05, 3.63) is 0 Å². The molecule has 12 heavy (non-hydrogen) atoms. The molecule has 0 fully saturated rings. The largest absolute Gasteiger partial charge is 0.452 e. The van der Waals surface area contributed by atoms with Crippen LogP contribution in [0.1, 0.15) is 40.0 Å². The number of ether oxygens (including phenoxy) is 1. The third-order valence-corrected chi connectivity index (χ3v) is 2.23. The van der Waals surface area contributed by atoms with E-state index in [9.17, 15) is 4.79 Å². The minimum atomic E-state index is -0.0714. The van der Waals surface area contributed by atoms with Gasteiger partial charge in [0.2, 0.25) is 0 Å². The third kappa shape index (κ3) is 6.88. The molecular weight excluding hydrogens is 267 g/mol. The van der Waals surface area contributed by atoms with E-state index >= 15 is 0 Å². The van der Waals surface area contributed by atoms with Crippen LogP contribution < -0.4 is 0 Å². The molecule has 0 heterocycles. The summed E-state index contributed by atoms with van der Waals surface area (Å²) < 4.78 is 5.20. The fourth-order valence-corrected chi connectivity index (χ4v) is 1.72. The molecule has 1 atom stereocenters. The molecule has 1 unspecified atom stereocenters. The lowest BCUT2D eigenvalue weighted by molar-refractivity contribution is -0.145. The topological polar surface area (TPSA) is 26.3 Å². The molecule has 0 aromatic rings. The zero-order valence-corrected chi connectivity index (χ0v) is 10.1. The zero-order valence-electron chi connectivity index (χ0n) is 7.97. The lowest BCUT2D eigenvalue weighted by Gasteiger charge is -2.11. The summed E-state index contributed by atoms with van der Waals surface area (Å²) >= 11 is 2.16. The number of rotatable bonds is 5. The van der Waals surface area contributed by atoms with E-state index in [2.05, 4.69) is 29.5 Å². The second-order valence-electron chi connectivity index (χ2n) is 3.29. The molecule has 0 aliphatic rings. The van der Waals surface area contributed by atoms with Gasteiger partial charge in [-0.3, -0.25) is 4.79 Å². The normalized spacial score (nSPS) is 13.1. The standard InChI is InChI=1S/C9H17IO2/c1-4-5-8(10)12-9(11)6-7(2)3/h7-8H,4-6H2,1-3H3. The number of hydrogen-bond donors (Lipinski definition) is 0. The van der Waals surface area contributed by atoms with Crippen molar-refractivity contribution >= 4 is 28.6 Å². The van der Waals surface area contributed by atoms with Gasteiger partial charge in [-0.05, 0) is 34.9 Å². The van der Waals surface area contributed by atoms with Crippen molar-refractivity contribution < 1.29 is 9.53 Å². The Morgan fingerprint density at radius 3 is 2.50 bits per heavy atom. The number of esters is 1. The summed E-state index contributed by atoms with van der Waals surface area (Å²) in [6.45, 7) is 6.12. The van der Waals surface area contributed by atoms with Gasteiger partial charge in [-0.1, -0.05) is 27.2 Å². The molecule has 0 bridgehead atoms. The van der Waals surface area contributed by atoms with E-state index in [1.165, 1.54) is 0 Å². The fourth-order valence-electron chi connectivity index (χ4n) is 0.810. The predicted octanol–water partition coefficient (Wildman–Crippen LogP) is 3.14. The fraction of sp³-hybridized carbons (Fsp3) is 0.889. The number of halogens is 1. The Morgan fingerprint density at radius 2 is 2.08 bits per heavy atom. The van der Waals surface area contributed by atoms with E-state index in [4.69, 9.17) is 4.74 Å². The van der Waals surface area contributed by atoms with Crippen LogP contribution in [0.3, 0.4) is 0 Å². The molecule has 3 heteroatoms. The van der Waals surface area contributed by atoms with Crippen molar-refractivity contribution in [2.45, 2.75) is 44.1 Å². The summed E-state index contributed by atoms with van der Waals surface area (Å²) in [7, 11) is 0. The highest BCUT2D eigenvalue weighted by Crippen LogP contribution is 2.12. The molecule has 0 aromatic heterocycles. The van der Waals surface area contributed by atoms with Crippen LogP contribution in [0.25, 0.3) is 0 Å². The van der Waals surface area contributed by atoms with Crippen LogP contribution in [0.15, 0.2) is 0 Å². The van der Waals surface area contributed by atoms with Crippen molar-refractivity contribution in [2.75, 3.05) is 0 Å². The van der Waals surface area contributed by atoms with Crippen LogP contribution in [0.5, 0.6) is 0 Å². The average molecular weight is 284 g/mol. The highest BCUT2D eigenvalue weighted by molar-refractivity contribution is 14.1. The lowest BCUT2D eigenvalue weighted by atomic mass is 10.1. The first kappa shape index (κ1) is 12.2. The van der Waals surface area contributed by atoms with Gasteiger partial charge >= 0.3 is 5.97 Å². The quantitative estimate of drug-likeness (QED) is 0.440. The summed E-state index contributed by atoms with van der Waals surface area (Å²) in [4.78, 5) is 11.1. The van der Waals surface area contributed by atoms with Crippen LogP contribution >= 0.6 is 22.6 Å². The highest BCUT2D eigenvalue weighted by atomic mass is 127. The second-order valence-corrected chi connectivity index (χ2v) is 4.68. The molecule has 0 N–H and O–H groups in total. The average Bonchev–Trinajstić information content (AvgIpc) is 1.84. The van der Waals surface area contributed by atoms with Crippen molar-refractivity contribution in [1.82, 2.24) is 0 Å². The summed E-state index contributed by atoms with van der Waals surface area (Å²) in [6, 6.07) is 0. The van der Waals surface area contributed by atoms with Crippen LogP contribution in [0.4, 0.5) is 0 Å². The Balaban J connectivity index is 3.54. The first-order valence-electron chi connectivity index (χ1n) is 4.39. The summed E-state index contributed by atoms with van der Waals surface area (Å²) in [5.74, 6) is 0.320. The first-order valence-corrected chi connectivity index (χ1v) is 5.64. The van der Waals surface area contributed by atoms with Crippen molar-refractivity contribution in [3.63, 3.8) is 0 Å². The molecule has 72 valence electrons. The highest BCUT2D eigenvalue weighted by Gasteiger charge is 2.10. The van der Waals surface area contributed by atoms with Gasteiger partial charge in [-0.25, -0.2) is 0 Å². The van der Waals surface area contributed by atoms with Crippen molar-refractivity contribution in [3.8, 4) is 0 Å². The Bertz CT molecular complexity index is 134. The molecule has 0 rings (SSSR count). The SMILES string of the molecule is CCCC(I)OC(=O)CC(C)C. The molecule has 0 radical (unpaired) electrons. The zero-order chi connectivity index (χ0) is 9.56. The number of hydrogen-bond acceptors (Lipinski definition) is 2. The van der Waals surface area contributed by atoms with E-state index in [0.29, 0.717) is 12.3 Å². The Kier molecular flexibility index (Phi) is 6.80. The lowest BCUT2D eigenvalue weighted by Crippen LogP contribution is -2.13. The van der Waals surface area contributed by atoms with Crippen molar-refractivity contribution in [2.24, 2.45) is 5.92 Å². The van der Waals surface area contributed by atoms with Crippen LogP contribution in [0.2, 0.25) is 0 Å². The molecule has 2 nitrogen and oxygen atoms in total. The minimum Gasteiger partial charge on any atom is -0.452 e. The molecule has 0 aliphatic heterocycles. The maximum atomic E-state index is 11.1. The van der Waals surface area contributed by atoms with Gasteiger partial charge in [0, 0.05) is 6.42 Å². The summed E-state index contributed by atoms with van der Waals surface area (Å²) in [6.07, 6.45) is 2.54. The van der Waals surface area contributed by atoms with E-state index in [0.717, 1.165) is 12.8 Å². The van der Waals surface area contributed by atoms with Gasteiger partial charge in [0.25, 0.3) is 0 Å². The van der Waals surface area contributed by atoms with Crippen LogP contribution in [-0.4, -0.2) is 10.1 Å². The van der Waals surface area contributed by atoms with Crippen LogP contribution in [-0.2, 0) is 9.53 Å². The Hall–Kier alpha value is 0.200. The minimum absolute atomic E-state index is 0.0545. The molecule has 0 aliphatic carbocycles. The second kappa shape index (κ2) is 6.69. The number of alkyl halides is 1. The van der Waals surface area contributed by atoms with Gasteiger partial charge < -0.3 is 4.74 Å². The molecule has 0 spiro atoms. The third-order valence-electron chi connectivity index (χ3n) is 1.35. The number of carbonyl (C=O) groups is 1. The van der Waals surface area contributed by atoms with Gasteiger partial charge in [-0.15, -0.1) is 0 Å². The Labute approximate surface area is 88.2 Å². The van der Waals surface area contributed by atoms with Crippen LogP contribution in [0, 0.1) is 5.92 Å². The summed E-state index contributed by atoms with van der Waals surface area (Å²) in [5, 5.41) is 0. The maximum Gasteiger partial charge on any atom is 0.307 e. The monoisotopic (exact) mass is 284 g/mol. The van der Waals surface area contributed by atoms with E-state index in [1.807, 2.05) is 13.8 Å². The molecule has 0 amide bonds. The van der Waals surface area contributed by atoms with E-state index in [-0.39, 0.29) is 10.1 Å². The van der Waals surface area contributed by atoms with E-state index < -0.39 is 0 Å². The summed E-state index contributed by atoms with van der Waals surface area (Å²) in [5.41, 5.74) is 0. The van der Waals surface area contributed by atoms with Gasteiger partial charge in [0.1, 0.15) is 0 Å². The molecule has 0 saturated heterocycles. The number of carbonyl (C=O) groups excluding carboxylic acids is 1. The Morgan fingerprint density at radius 1 is 1.50 bits per heavy atom. The van der Waals surface area contributed by atoms with Gasteiger partial charge in [0.15, 0.2) is 4.11 Å². The first-order chi connectivity index (χ1) is 5.56. The van der Waals surface area contributed by atoms with Gasteiger partial charge in [-0.2, -0.15) is 0 Å². The van der Waals surface area contributed by atoms with Gasteiger partial charge in [0.05, 0.1) is 0 Å².